The molecule has 96 valence electrons. The molecule has 0 radical (unpaired) electrons. The molecule has 0 bridgehead atoms. The first-order valence-electron chi connectivity index (χ1n) is 5.96. The van der Waals surface area contributed by atoms with Crippen molar-refractivity contribution in [1.29, 1.82) is 0 Å². The third-order valence-corrected chi connectivity index (χ3v) is 3.70. The van der Waals surface area contributed by atoms with Crippen LogP contribution in [0.1, 0.15) is 33.3 Å². The predicted octanol–water partition coefficient (Wildman–Crippen LogP) is 4.25. The van der Waals surface area contributed by atoms with E-state index in [2.05, 4.69) is 33.0 Å². The Labute approximate surface area is 108 Å². The molecular formula is C14H21ClFN. The summed E-state index contributed by atoms with van der Waals surface area (Å²) in [5.41, 5.74) is 1.09. The van der Waals surface area contributed by atoms with Gasteiger partial charge >= 0.3 is 0 Å². The highest BCUT2D eigenvalue weighted by Gasteiger charge is 2.19. The highest BCUT2D eigenvalue weighted by molar-refractivity contribution is 6.31. The highest BCUT2D eigenvalue weighted by atomic mass is 35.5. The topological polar surface area (TPSA) is 12.0 Å². The molecule has 0 fully saturated rings. The molecule has 0 saturated carbocycles. The molecule has 0 aliphatic carbocycles. The average molecular weight is 258 g/mol. The van der Waals surface area contributed by atoms with Gasteiger partial charge in [0, 0.05) is 6.54 Å². The average Bonchev–Trinajstić information content (AvgIpc) is 2.22. The minimum absolute atomic E-state index is 0.225. The van der Waals surface area contributed by atoms with Crippen molar-refractivity contribution in [2.45, 2.75) is 34.2 Å². The Bertz CT molecular complexity index is 371. The van der Waals surface area contributed by atoms with Crippen LogP contribution in [0.5, 0.6) is 0 Å². The fourth-order valence-corrected chi connectivity index (χ4v) is 1.61. The smallest absolute Gasteiger partial charge is 0.142 e. The van der Waals surface area contributed by atoms with Crippen LogP contribution in [0.15, 0.2) is 18.2 Å². The fraction of sp³-hybridized carbons (Fsp3) is 0.571. The first-order valence-corrected chi connectivity index (χ1v) is 6.33. The summed E-state index contributed by atoms with van der Waals surface area (Å²) >= 11 is 5.88. The zero-order valence-corrected chi connectivity index (χ0v) is 11.7. The number of nitrogens with one attached hydrogen (secondary N) is 1. The third-order valence-electron chi connectivity index (χ3n) is 3.28. The molecule has 1 unspecified atom stereocenters. The molecule has 17 heavy (non-hydrogen) atoms. The lowest BCUT2D eigenvalue weighted by Crippen LogP contribution is -2.29. The monoisotopic (exact) mass is 257 g/mol. The van der Waals surface area contributed by atoms with Gasteiger partial charge in [0.15, 0.2) is 0 Å². The molecule has 0 spiro atoms. The Morgan fingerprint density at radius 2 is 2.00 bits per heavy atom. The van der Waals surface area contributed by atoms with Gasteiger partial charge < -0.3 is 5.32 Å². The summed E-state index contributed by atoms with van der Waals surface area (Å²) in [6.45, 7) is 10.4. The summed E-state index contributed by atoms with van der Waals surface area (Å²) < 4.78 is 13.2. The van der Waals surface area contributed by atoms with Crippen LogP contribution in [0.4, 0.5) is 4.39 Å². The van der Waals surface area contributed by atoms with Crippen LogP contribution < -0.4 is 5.32 Å². The van der Waals surface area contributed by atoms with Crippen molar-refractivity contribution in [2.24, 2.45) is 11.3 Å². The third kappa shape index (κ3) is 4.29. The number of hydrogen-bond donors (Lipinski definition) is 1. The van der Waals surface area contributed by atoms with Crippen molar-refractivity contribution < 1.29 is 4.39 Å². The van der Waals surface area contributed by atoms with Crippen molar-refractivity contribution in [3.8, 4) is 0 Å². The minimum Gasteiger partial charge on any atom is -0.312 e. The maximum atomic E-state index is 13.2. The Morgan fingerprint density at radius 1 is 1.35 bits per heavy atom. The van der Waals surface area contributed by atoms with Gasteiger partial charge in [-0.05, 0) is 29.5 Å². The first-order chi connectivity index (χ1) is 7.82. The van der Waals surface area contributed by atoms with Crippen LogP contribution in [0.3, 0.4) is 0 Å². The molecule has 1 aromatic rings. The van der Waals surface area contributed by atoms with E-state index in [-0.39, 0.29) is 16.3 Å². The second kappa shape index (κ2) is 5.83. The molecule has 0 heterocycles. The van der Waals surface area contributed by atoms with E-state index in [0.717, 1.165) is 12.1 Å². The van der Waals surface area contributed by atoms with E-state index in [1.807, 2.05) is 6.07 Å². The maximum absolute atomic E-state index is 13.2. The largest absolute Gasteiger partial charge is 0.312 e. The van der Waals surface area contributed by atoms with Gasteiger partial charge in [0.2, 0.25) is 0 Å². The van der Waals surface area contributed by atoms with Crippen LogP contribution in [0, 0.1) is 17.2 Å². The van der Waals surface area contributed by atoms with Crippen LogP contribution in [0.25, 0.3) is 0 Å². The van der Waals surface area contributed by atoms with Gasteiger partial charge in [0.1, 0.15) is 5.82 Å². The number of rotatable bonds is 4. The molecule has 1 aromatic carbocycles. The normalized spacial score (nSPS) is 13.8. The van der Waals surface area contributed by atoms with E-state index in [9.17, 15) is 4.39 Å². The number of benzene rings is 1. The van der Waals surface area contributed by atoms with Gasteiger partial charge in [0.25, 0.3) is 0 Å². The Balaban J connectivity index is 2.49. The molecule has 0 aliphatic heterocycles. The van der Waals surface area contributed by atoms with Crippen molar-refractivity contribution in [1.82, 2.24) is 5.32 Å². The summed E-state index contributed by atoms with van der Waals surface area (Å²) in [6.07, 6.45) is 0. The Morgan fingerprint density at radius 3 is 2.59 bits per heavy atom. The summed E-state index contributed by atoms with van der Waals surface area (Å²) in [5.74, 6) is 0.199. The van der Waals surface area contributed by atoms with E-state index in [1.165, 1.54) is 6.07 Å². The Kier molecular flexibility index (Phi) is 4.96. The van der Waals surface area contributed by atoms with Gasteiger partial charge in [-0.15, -0.1) is 0 Å². The summed E-state index contributed by atoms with van der Waals surface area (Å²) in [4.78, 5) is 0. The zero-order chi connectivity index (χ0) is 13.1. The van der Waals surface area contributed by atoms with Gasteiger partial charge in [-0.2, -0.15) is 0 Å². The quantitative estimate of drug-likeness (QED) is 0.850. The van der Waals surface area contributed by atoms with Crippen molar-refractivity contribution in [2.75, 3.05) is 6.54 Å². The second-order valence-corrected chi connectivity index (χ2v) is 5.99. The van der Waals surface area contributed by atoms with Crippen molar-refractivity contribution >= 4 is 11.6 Å². The molecule has 0 amide bonds. The zero-order valence-electron chi connectivity index (χ0n) is 11.0. The lowest BCUT2D eigenvalue weighted by molar-refractivity contribution is 0.252. The van der Waals surface area contributed by atoms with Crippen LogP contribution in [-0.2, 0) is 6.54 Å². The molecule has 1 atom stereocenters. The van der Waals surface area contributed by atoms with E-state index < -0.39 is 0 Å². The van der Waals surface area contributed by atoms with E-state index >= 15 is 0 Å². The summed E-state index contributed by atoms with van der Waals surface area (Å²) in [7, 11) is 0. The van der Waals surface area contributed by atoms with Gasteiger partial charge in [-0.25, -0.2) is 4.39 Å². The minimum atomic E-state index is -0.352. The second-order valence-electron chi connectivity index (χ2n) is 5.61. The fourth-order valence-electron chi connectivity index (χ4n) is 1.41. The van der Waals surface area contributed by atoms with Crippen molar-refractivity contribution in [3.05, 3.63) is 34.6 Å². The number of hydrogen-bond acceptors (Lipinski definition) is 1. The molecule has 1 rings (SSSR count). The van der Waals surface area contributed by atoms with Crippen LogP contribution in [0.2, 0.25) is 5.02 Å². The molecule has 0 saturated heterocycles. The molecular weight excluding hydrogens is 237 g/mol. The van der Waals surface area contributed by atoms with Crippen LogP contribution in [-0.4, -0.2) is 6.54 Å². The van der Waals surface area contributed by atoms with Gasteiger partial charge in [-0.1, -0.05) is 51.4 Å². The molecule has 0 aromatic heterocycles. The summed E-state index contributed by atoms with van der Waals surface area (Å²) in [6, 6.07) is 4.91. The molecule has 3 heteroatoms. The first kappa shape index (κ1) is 14.5. The Hall–Kier alpha value is -0.600. The van der Waals surface area contributed by atoms with E-state index in [1.54, 1.807) is 6.07 Å². The molecule has 1 nitrogen and oxygen atoms in total. The standard InChI is InChI=1S/C14H21ClFN/c1-10(14(2,3)4)8-17-9-11-6-5-7-12(16)13(11)15/h5-7,10,17H,8-9H2,1-4H3. The lowest BCUT2D eigenvalue weighted by Gasteiger charge is -2.27. The summed E-state index contributed by atoms with van der Waals surface area (Å²) in [5, 5.41) is 3.55. The van der Waals surface area contributed by atoms with Gasteiger partial charge in [0.05, 0.1) is 5.02 Å². The predicted molar refractivity (Wildman–Crippen MR) is 71.7 cm³/mol. The van der Waals surface area contributed by atoms with Crippen molar-refractivity contribution in [3.63, 3.8) is 0 Å². The lowest BCUT2D eigenvalue weighted by atomic mass is 9.82. The van der Waals surface area contributed by atoms with E-state index in [0.29, 0.717) is 12.5 Å². The van der Waals surface area contributed by atoms with Crippen LogP contribution >= 0.6 is 11.6 Å². The molecule has 0 aliphatic rings. The van der Waals surface area contributed by atoms with Gasteiger partial charge in [-0.3, -0.25) is 0 Å². The van der Waals surface area contributed by atoms with E-state index in [4.69, 9.17) is 11.6 Å². The number of halogens is 2. The highest BCUT2D eigenvalue weighted by Crippen LogP contribution is 2.25. The SMILES string of the molecule is CC(CNCc1cccc(F)c1Cl)C(C)(C)C. The maximum Gasteiger partial charge on any atom is 0.142 e. The molecule has 1 N–H and O–H groups in total.